The average Bonchev–Trinajstić information content (AvgIpc) is 2.38. The highest BCUT2D eigenvalue weighted by Gasteiger charge is 2.08. The highest BCUT2D eigenvalue weighted by atomic mass is 16.2. The summed E-state index contributed by atoms with van der Waals surface area (Å²) in [6.45, 7) is 3.35. The molecule has 2 amide bonds. The van der Waals surface area contributed by atoms with E-state index in [1.54, 1.807) is 6.07 Å². The SMILES string of the molecule is CC(=O)Nc1cc(C(=O)Nc2cccc(C)c2)ccn1. The predicted octanol–water partition coefficient (Wildman–Crippen LogP) is 2.60. The van der Waals surface area contributed by atoms with E-state index in [1.807, 2.05) is 31.2 Å². The van der Waals surface area contributed by atoms with Gasteiger partial charge in [0.1, 0.15) is 5.82 Å². The molecule has 2 N–H and O–H groups in total. The summed E-state index contributed by atoms with van der Waals surface area (Å²) in [4.78, 5) is 27.1. The number of carbonyl (C=O) groups excluding carboxylic acids is 2. The molecule has 0 saturated carbocycles. The monoisotopic (exact) mass is 269 g/mol. The summed E-state index contributed by atoms with van der Waals surface area (Å²) >= 11 is 0. The molecule has 0 aliphatic carbocycles. The van der Waals surface area contributed by atoms with Gasteiger partial charge in [-0.1, -0.05) is 12.1 Å². The number of rotatable bonds is 3. The summed E-state index contributed by atoms with van der Waals surface area (Å²) in [7, 11) is 0. The molecule has 2 aromatic rings. The molecule has 0 unspecified atom stereocenters. The van der Waals surface area contributed by atoms with Gasteiger partial charge in [-0.25, -0.2) is 4.98 Å². The Kier molecular flexibility index (Phi) is 4.10. The van der Waals surface area contributed by atoms with Crippen LogP contribution in [0.3, 0.4) is 0 Å². The Morgan fingerprint density at radius 2 is 1.90 bits per heavy atom. The number of hydrogen-bond donors (Lipinski definition) is 2. The Bertz CT molecular complexity index is 653. The number of nitrogens with one attached hydrogen (secondary N) is 2. The fraction of sp³-hybridized carbons (Fsp3) is 0.133. The summed E-state index contributed by atoms with van der Waals surface area (Å²) in [5.41, 5.74) is 2.23. The minimum atomic E-state index is -0.246. The zero-order chi connectivity index (χ0) is 14.5. The van der Waals surface area contributed by atoms with Gasteiger partial charge in [0.2, 0.25) is 5.91 Å². The number of nitrogens with zero attached hydrogens (tertiary/aromatic N) is 1. The standard InChI is InChI=1S/C15H15N3O2/c1-10-4-3-5-13(8-10)18-15(20)12-6-7-16-14(9-12)17-11(2)19/h3-9H,1-2H3,(H,18,20)(H,16,17,19). The zero-order valence-corrected chi connectivity index (χ0v) is 11.3. The van der Waals surface area contributed by atoms with Crippen LogP contribution < -0.4 is 10.6 Å². The van der Waals surface area contributed by atoms with Gasteiger partial charge >= 0.3 is 0 Å². The lowest BCUT2D eigenvalue weighted by molar-refractivity contribution is -0.114. The van der Waals surface area contributed by atoms with Gasteiger partial charge in [0.25, 0.3) is 5.91 Å². The molecule has 0 bridgehead atoms. The first-order chi connectivity index (χ1) is 9.54. The van der Waals surface area contributed by atoms with Crippen molar-refractivity contribution in [2.45, 2.75) is 13.8 Å². The second-order valence-corrected chi connectivity index (χ2v) is 4.43. The summed E-state index contributed by atoms with van der Waals surface area (Å²) in [5, 5.41) is 5.34. The van der Waals surface area contributed by atoms with Crippen LogP contribution in [0.1, 0.15) is 22.8 Å². The van der Waals surface area contributed by atoms with Crippen molar-refractivity contribution in [3.05, 3.63) is 53.7 Å². The average molecular weight is 269 g/mol. The molecule has 1 aromatic heterocycles. The molecular formula is C15H15N3O2. The van der Waals surface area contributed by atoms with Crippen LogP contribution in [0.25, 0.3) is 0 Å². The van der Waals surface area contributed by atoms with Crippen molar-refractivity contribution in [3.63, 3.8) is 0 Å². The highest BCUT2D eigenvalue weighted by molar-refractivity contribution is 6.05. The second-order valence-electron chi connectivity index (χ2n) is 4.43. The van der Waals surface area contributed by atoms with Crippen molar-refractivity contribution >= 4 is 23.3 Å². The molecule has 20 heavy (non-hydrogen) atoms. The Labute approximate surface area is 117 Å². The molecule has 5 nitrogen and oxygen atoms in total. The molecular weight excluding hydrogens is 254 g/mol. The lowest BCUT2D eigenvalue weighted by Gasteiger charge is -2.07. The number of aryl methyl sites for hydroxylation is 1. The molecule has 102 valence electrons. The van der Waals surface area contributed by atoms with E-state index in [4.69, 9.17) is 0 Å². The van der Waals surface area contributed by atoms with Crippen LogP contribution in [0.2, 0.25) is 0 Å². The Morgan fingerprint density at radius 1 is 1.10 bits per heavy atom. The van der Waals surface area contributed by atoms with E-state index >= 15 is 0 Å². The maximum absolute atomic E-state index is 12.1. The molecule has 5 heteroatoms. The molecule has 0 radical (unpaired) electrons. The highest BCUT2D eigenvalue weighted by Crippen LogP contribution is 2.13. The van der Waals surface area contributed by atoms with Gasteiger partial charge in [0.05, 0.1) is 0 Å². The first kappa shape index (κ1) is 13.7. The van der Waals surface area contributed by atoms with Gasteiger partial charge in [0.15, 0.2) is 0 Å². The van der Waals surface area contributed by atoms with Crippen molar-refractivity contribution in [1.82, 2.24) is 4.98 Å². The minimum absolute atomic E-state index is 0.228. The number of pyridine rings is 1. The molecule has 1 aromatic carbocycles. The fourth-order valence-corrected chi connectivity index (χ4v) is 1.75. The quantitative estimate of drug-likeness (QED) is 0.899. The van der Waals surface area contributed by atoms with Crippen LogP contribution in [0.5, 0.6) is 0 Å². The first-order valence-electron chi connectivity index (χ1n) is 6.16. The fourth-order valence-electron chi connectivity index (χ4n) is 1.75. The number of amides is 2. The van der Waals surface area contributed by atoms with Crippen LogP contribution in [-0.4, -0.2) is 16.8 Å². The van der Waals surface area contributed by atoms with E-state index in [0.29, 0.717) is 11.4 Å². The molecule has 0 saturated heterocycles. The predicted molar refractivity (Wildman–Crippen MR) is 77.7 cm³/mol. The summed E-state index contributed by atoms with van der Waals surface area (Å²) < 4.78 is 0. The van der Waals surface area contributed by atoms with Gasteiger partial charge in [-0.15, -0.1) is 0 Å². The summed E-state index contributed by atoms with van der Waals surface area (Å²) in [6.07, 6.45) is 1.48. The third kappa shape index (κ3) is 3.65. The smallest absolute Gasteiger partial charge is 0.255 e. The molecule has 2 rings (SSSR count). The van der Waals surface area contributed by atoms with Crippen molar-refractivity contribution in [2.24, 2.45) is 0 Å². The summed E-state index contributed by atoms with van der Waals surface area (Å²) in [6, 6.07) is 10.7. The van der Waals surface area contributed by atoms with Gasteiger partial charge in [-0.3, -0.25) is 9.59 Å². The number of aromatic nitrogens is 1. The van der Waals surface area contributed by atoms with Crippen molar-refractivity contribution in [3.8, 4) is 0 Å². The van der Waals surface area contributed by atoms with Crippen LogP contribution in [0, 0.1) is 6.92 Å². The van der Waals surface area contributed by atoms with E-state index < -0.39 is 0 Å². The minimum Gasteiger partial charge on any atom is -0.322 e. The van der Waals surface area contributed by atoms with E-state index in [2.05, 4.69) is 15.6 Å². The third-order valence-corrected chi connectivity index (χ3v) is 2.60. The van der Waals surface area contributed by atoms with Gasteiger partial charge in [-0.2, -0.15) is 0 Å². The van der Waals surface area contributed by atoms with E-state index in [1.165, 1.54) is 19.2 Å². The van der Waals surface area contributed by atoms with E-state index in [-0.39, 0.29) is 11.8 Å². The molecule has 0 aliphatic heterocycles. The Morgan fingerprint density at radius 3 is 2.60 bits per heavy atom. The van der Waals surface area contributed by atoms with Crippen LogP contribution in [0.4, 0.5) is 11.5 Å². The molecule has 0 fully saturated rings. The summed E-state index contributed by atoms with van der Waals surface area (Å²) in [5.74, 6) is -0.118. The molecule has 1 heterocycles. The molecule has 0 aliphatic rings. The second kappa shape index (κ2) is 5.97. The normalized spacial score (nSPS) is 9.90. The van der Waals surface area contributed by atoms with Gasteiger partial charge < -0.3 is 10.6 Å². The van der Waals surface area contributed by atoms with Crippen LogP contribution in [-0.2, 0) is 4.79 Å². The van der Waals surface area contributed by atoms with Crippen molar-refractivity contribution in [2.75, 3.05) is 10.6 Å². The van der Waals surface area contributed by atoms with Crippen molar-refractivity contribution < 1.29 is 9.59 Å². The maximum atomic E-state index is 12.1. The Balaban J connectivity index is 2.15. The number of hydrogen-bond acceptors (Lipinski definition) is 3. The van der Waals surface area contributed by atoms with Crippen molar-refractivity contribution in [1.29, 1.82) is 0 Å². The molecule has 0 atom stereocenters. The first-order valence-corrected chi connectivity index (χ1v) is 6.16. The zero-order valence-electron chi connectivity index (χ0n) is 11.3. The maximum Gasteiger partial charge on any atom is 0.255 e. The van der Waals surface area contributed by atoms with Crippen LogP contribution >= 0.6 is 0 Å². The Hall–Kier alpha value is -2.69. The number of carbonyl (C=O) groups is 2. The number of anilines is 2. The largest absolute Gasteiger partial charge is 0.322 e. The van der Waals surface area contributed by atoms with Crippen LogP contribution in [0.15, 0.2) is 42.6 Å². The number of benzene rings is 1. The van der Waals surface area contributed by atoms with Gasteiger partial charge in [0, 0.05) is 24.4 Å². The lowest BCUT2D eigenvalue weighted by atomic mass is 10.2. The lowest BCUT2D eigenvalue weighted by Crippen LogP contribution is -2.13. The van der Waals surface area contributed by atoms with Gasteiger partial charge in [-0.05, 0) is 36.8 Å². The topological polar surface area (TPSA) is 71.1 Å². The molecule has 0 spiro atoms. The van der Waals surface area contributed by atoms with E-state index in [0.717, 1.165) is 11.3 Å². The van der Waals surface area contributed by atoms with E-state index in [9.17, 15) is 9.59 Å². The third-order valence-electron chi connectivity index (χ3n) is 2.60.